The fourth-order valence-corrected chi connectivity index (χ4v) is 7.31. The second-order valence-corrected chi connectivity index (χ2v) is 12.0. The number of sulfonamides is 1. The zero-order valence-electron chi connectivity index (χ0n) is 22.3. The number of nitrogens with two attached hydrogens (primary N) is 2. The van der Waals surface area contributed by atoms with E-state index in [-0.39, 0.29) is 49.8 Å². The third-order valence-corrected chi connectivity index (χ3v) is 9.05. The van der Waals surface area contributed by atoms with Crippen molar-refractivity contribution in [3.8, 4) is 23.0 Å². The van der Waals surface area contributed by atoms with Crippen molar-refractivity contribution in [2.75, 3.05) is 30.9 Å². The Morgan fingerprint density at radius 1 is 0.976 bits per heavy atom. The maximum absolute atomic E-state index is 14.0. The lowest BCUT2D eigenvalue weighted by Crippen LogP contribution is -2.32. The standard InChI is InChI=1S/C26H30N4O9S2/c1-3-30(19-8-5-4-6-9-19)40(31,32)25-23(11-10-22-24(25)37-17-36-22)41(33,34)39-21-15-18(2)14-20(16-21)35-12-7-13-38-29-26(27)28/h4-6,8-11,14-16H,3,7,12-13,17H2,1-2H3,(H4,27,28,29). The molecule has 0 saturated carbocycles. The number of aryl methyl sites for hydroxylation is 1. The van der Waals surface area contributed by atoms with Crippen LogP contribution in [0, 0.1) is 6.92 Å². The molecule has 0 aliphatic carbocycles. The van der Waals surface area contributed by atoms with Crippen LogP contribution in [-0.4, -0.2) is 49.3 Å². The number of anilines is 1. The Morgan fingerprint density at radius 2 is 1.71 bits per heavy atom. The van der Waals surface area contributed by atoms with Gasteiger partial charge in [-0.3, -0.25) is 4.31 Å². The van der Waals surface area contributed by atoms with E-state index in [1.54, 1.807) is 50.2 Å². The molecule has 3 aromatic carbocycles. The minimum atomic E-state index is -4.70. The van der Waals surface area contributed by atoms with Crippen molar-refractivity contribution in [2.45, 2.75) is 30.1 Å². The zero-order valence-corrected chi connectivity index (χ0v) is 24.0. The maximum atomic E-state index is 14.0. The SMILES string of the molecule is CCN(c1ccccc1)S(=O)(=O)c1c(S(=O)(=O)Oc2cc(C)cc(OCCCON=C(N)N)c2)ccc2c1OCO2. The first-order valence-electron chi connectivity index (χ1n) is 12.4. The highest BCUT2D eigenvalue weighted by atomic mass is 32.2. The van der Waals surface area contributed by atoms with Gasteiger partial charge in [0.1, 0.15) is 23.0 Å². The number of benzene rings is 3. The Labute approximate surface area is 238 Å². The summed E-state index contributed by atoms with van der Waals surface area (Å²) in [6.45, 7) is 3.52. The van der Waals surface area contributed by atoms with E-state index in [4.69, 9.17) is 34.7 Å². The monoisotopic (exact) mass is 606 g/mol. The zero-order chi connectivity index (χ0) is 29.6. The second-order valence-electron chi connectivity index (χ2n) is 8.70. The lowest BCUT2D eigenvalue weighted by atomic mass is 10.2. The first kappa shape index (κ1) is 29.6. The Hall–Kier alpha value is -4.37. The van der Waals surface area contributed by atoms with E-state index in [9.17, 15) is 16.8 Å². The third-order valence-electron chi connectivity index (χ3n) is 5.66. The van der Waals surface area contributed by atoms with Gasteiger partial charge in [0.25, 0.3) is 10.0 Å². The van der Waals surface area contributed by atoms with Gasteiger partial charge in [0, 0.05) is 19.0 Å². The van der Waals surface area contributed by atoms with Crippen LogP contribution in [0.4, 0.5) is 5.69 Å². The summed E-state index contributed by atoms with van der Waals surface area (Å²) >= 11 is 0. The van der Waals surface area contributed by atoms with Gasteiger partial charge in [0.2, 0.25) is 12.8 Å². The van der Waals surface area contributed by atoms with Crippen molar-refractivity contribution in [3.63, 3.8) is 0 Å². The van der Waals surface area contributed by atoms with E-state index < -0.39 is 29.9 Å². The highest BCUT2D eigenvalue weighted by molar-refractivity contribution is 7.94. The quantitative estimate of drug-likeness (QED) is 0.0959. The topological polar surface area (TPSA) is 182 Å². The molecule has 4 rings (SSSR count). The average Bonchev–Trinajstić information content (AvgIpc) is 3.39. The first-order chi connectivity index (χ1) is 19.5. The van der Waals surface area contributed by atoms with E-state index in [1.165, 1.54) is 18.2 Å². The lowest BCUT2D eigenvalue weighted by Gasteiger charge is -2.24. The van der Waals surface area contributed by atoms with Crippen LogP contribution in [0.5, 0.6) is 23.0 Å². The number of guanidine groups is 1. The van der Waals surface area contributed by atoms with Crippen LogP contribution >= 0.6 is 0 Å². The molecule has 41 heavy (non-hydrogen) atoms. The van der Waals surface area contributed by atoms with Gasteiger partial charge in [0.15, 0.2) is 16.4 Å². The molecule has 0 fully saturated rings. The molecule has 0 bridgehead atoms. The minimum Gasteiger partial charge on any atom is -0.493 e. The van der Waals surface area contributed by atoms with Crippen LogP contribution in [0.15, 0.2) is 75.6 Å². The van der Waals surface area contributed by atoms with E-state index in [2.05, 4.69) is 5.16 Å². The summed E-state index contributed by atoms with van der Waals surface area (Å²) in [5.74, 6) is -0.0551. The predicted molar refractivity (Wildman–Crippen MR) is 150 cm³/mol. The Kier molecular flexibility index (Phi) is 8.98. The normalized spacial score (nSPS) is 12.4. The van der Waals surface area contributed by atoms with Gasteiger partial charge in [-0.2, -0.15) is 8.42 Å². The molecule has 0 unspecified atom stereocenters. The van der Waals surface area contributed by atoms with Gasteiger partial charge in [-0.15, -0.1) is 0 Å². The van der Waals surface area contributed by atoms with Crippen molar-refractivity contribution in [2.24, 2.45) is 16.6 Å². The van der Waals surface area contributed by atoms with Crippen molar-refractivity contribution >= 4 is 31.8 Å². The summed E-state index contributed by atoms with van der Waals surface area (Å²) in [7, 11) is -9.17. The van der Waals surface area contributed by atoms with Crippen LogP contribution in [0.1, 0.15) is 18.9 Å². The van der Waals surface area contributed by atoms with Crippen LogP contribution in [0.2, 0.25) is 0 Å². The first-order valence-corrected chi connectivity index (χ1v) is 15.3. The maximum Gasteiger partial charge on any atom is 0.340 e. The van der Waals surface area contributed by atoms with Crippen molar-refractivity contribution in [1.29, 1.82) is 0 Å². The van der Waals surface area contributed by atoms with E-state index >= 15 is 0 Å². The molecule has 0 atom stereocenters. The number of rotatable bonds is 13. The highest BCUT2D eigenvalue weighted by Crippen LogP contribution is 2.44. The molecule has 0 radical (unpaired) electrons. The van der Waals surface area contributed by atoms with Gasteiger partial charge in [-0.25, -0.2) is 8.42 Å². The number of para-hydroxylation sites is 1. The van der Waals surface area contributed by atoms with E-state index in [0.29, 0.717) is 23.4 Å². The fraction of sp³-hybridized carbons (Fsp3) is 0.269. The van der Waals surface area contributed by atoms with Crippen LogP contribution in [0.3, 0.4) is 0 Å². The summed E-state index contributed by atoms with van der Waals surface area (Å²) in [5.41, 5.74) is 11.4. The number of fused-ring (bicyclic) bond motifs is 1. The molecule has 15 heteroatoms. The summed E-state index contributed by atoms with van der Waals surface area (Å²) in [6, 6.07) is 15.3. The Bertz CT molecular complexity index is 1630. The van der Waals surface area contributed by atoms with Gasteiger partial charge in [-0.1, -0.05) is 18.2 Å². The number of nitrogens with zero attached hydrogens (tertiary/aromatic N) is 2. The molecule has 220 valence electrons. The number of oxime groups is 1. The minimum absolute atomic E-state index is 0.0206. The Morgan fingerprint density at radius 3 is 2.41 bits per heavy atom. The highest BCUT2D eigenvalue weighted by Gasteiger charge is 2.39. The molecule has 0 spiro atoms. The fourth-order valence-electron chi connectivity index (χ4n) is 4.02. The number of hydrogen-bond donors (Lipinski definition) is 2. The molecule has 4 N–H and O–H groups in total. The van der Waals surface area contributed by atoms with Crippen LogP contribution < -0.4 is 34.2 Å². The molecule has 1 aliphatic heterocycles. The molecular weight excluding hydrogens is 576 g/mol. The van der Waals surface area contributed by atoms with E-state index in [0.717, 1.165) is 10.4 Å². The van der Waals surface area contributed by atoms with Crippen molar-refractivity contribution in [1.82, 2.24) is 0 Å². The molecule has 0 aromatic heterocycles. The smallest absolute Gasteiger partial charge is 0.340 e. The number of ether oxygens (including phenoxy) is 3. The van der Waals surface area contributed by atoms with Crippen LogP contribution in [-0.2, 0) is 25.0 Å². The third kappa shape index (κ3) is 6.86. The van der Waals surface area contributed by atoms with Crippen molar-refractivity contribution in [3.05, 3.63) is 66.2 Å². The second kappa shape index (κ2) is 12.4. The summed E-state index contributed by atoms with van der Waals surface area (Å²) < 4.78 is 78.3. The summed E-state index contributed by atoms with van der Waals surface area (Å²) in [4.78, 5) is 3.72. The predicted octanol–water partition coefficient (Wildman–Crippen LogP) is 2.68. The van der Waals surface area contributed by atoms with Gasteiger partial charge < -0.3 is 34.7 Å². The molecule has 0 saturated heterocycles. The lowest BCUT2D eigenvalue weighted by molar-refractivity contribution is 0.127. The van der Waals surface area contributed by atoms with Gasteiger partial charge in [0.05, 0.1) is 12.3 Å². The largest absolute Gasteiger partial charge is 0.493 e. The average molecular weight is 607 g/mol. The number of hydrogen-bond acceptors (Lipinski definition) is 10. The van der Waals surface area contributed by atoms with Gasteiger partial charge >= 0.3 is 10.1 Å². The molecule has 13 nitrogen and oxygen atoms in total. The van der Waals surface area contributed by atoms with E-state index in [1.807, 2.05) is 0 Å². The molecule has 1 aliphatic rings. The molecule has 3 aromatic rings. The molecule has 1 heterocycles. The van der Waals surface area contributed by atoms with Crippen molar-refractivity contribution < 1.29 is 40.1 Å². The Balaban J connectivity index is 1.65. The molecule has 0 amide bonds. The molecular formula is C26H30N4O9S2. The van der Waals surface area contributed by atoms with Gasteiger partial charge in [-0.05, 0) is 61.0 Å². The van der Waals surface area contributed by atoms with Crippen LogP contribution in [0.25, 0.3) is 0 Å². The summed E-state index contributed by atoms with van der Waals surface area (Å²) in [6.07, 6.45) is 0.437. The summed E-state index contributed by atoms with van der Waals surface area (Å²) in [5, 5.41) is 3.41.